The van der Waals surface area contributed by atoms with Gasteiger partial charge in [-0.05, 0) is 36.9 Å². The van der Waals surface area contributed by atoms with Crippen molar-refractivity contribution < 1.29 is 13.5 Å². The van der Waals surface area contributed by atoms with Crippen LogP contribution >= 0.6 is 11.3 Å². The maximum Gasteiger partial charge on any atom is 0.218 e. The standard InChI is InChI=1S/C17H15N5O3S2/c1-18-27(24,25)8-10-2-4-11(5-3-10)21-22-16-14-12(20-17(16)23)6-7-13-15(14)19-9-26-13/h2-7,9,18,20,23H,8H2,1H3. The lowest BCUT2D eigenvalue weighted by Gasteiger charge is -2.02. The summed E-state index contributed by atoms with van der Waals surface area (Å²) in [5.41, 5.74) is 4.74. The summed E-state index contributed by atoms with van der Waals surface area (Å²) < 4.78 is 26.5. The highest BCUT2D eigenvalue weighted by molar-refractivity contribution is 7.88. The lowest BCUT2D eigenvalue weighted by Crippen LogP contribution is -2.20. The molecule has 8 nitrogen and oxygen atoms in total. The normalized spacial score (nSPS) is 12.5. The minimum absolute atomic E-state index is 0.0778. The van der Waals surface area contributed by atoms with E-state index in [1.165, 1.54) is 18.4 Å². The highest BCUT2D eigenvalue weighted by Crippen LogP contribution is 2.40. The van der Waals surface area contributed by atoms with Gasteiger partial charge in [0.05, 0.1) is 38.1 Å². The van der Waals surface area contributed by atoms with Gasteiger partial charge in [0.25, 0.3) is 0 Å². The minimum Gasteiger partial charge on any atom is -0.493 e. The number of nitrogens with one attached hydrogen (secondary N) is 2. The van der Waals surface area contributed by atoms with Crippen molar-refractivity contribution >= 4 is 53.9 Å². The van der Waals surface area contributed by atoms with Gasteiger partial charge in [0, 0.05) is 0 Å². The molecule has 27 heavy (non-hydrogen) atoms. The number of thiazole rings is 1. The van der Waals surface area contributed by atoms with Crippen LogP contribution in [0.4, 0.5) is 11.4 Å². The number of hydrogen-bond acceptors (Lipinski definition) is 7. The van der Waals surface area contributed by atoms with Crippen molar-refractivity contribution in [2.45, 2.75) is 5.75 Å². The third-order valence-corrected chi connectivity index (χ3v) is 6.22. The number of benzene rings is 2. The van der Waals surface area contributed by atoms with E-state index >= 15 is 0 Å². The second kappa shape index (κ2) is 6.72. The van der Waals surface area contributed by atoms with Crippen molar-refractivity contribution in [1.82, 2.24) is 14.7 Å². The molecule has 0 fully saturated rings. The molecule has 0 unspecified atom stereocenters. The van der Waals surface area contributed by atoms with Gasteiger partial charge in [-0.25, -0.2) is 18.1 Å². The topological polar surface area (TPSA) is 120 Å². The Morgan fingerprint density at radius 3 is 2.70 bits per heavy atom. The van der Waals surface area contributed by atoms with Crippen molar-refractivity contribution in [3.63, 3.8) is 0 Å². The first-order valence-electron chi connectivity index (χ1n) is 7.95. The van der Waals surface area contributed by atoms with Crippen LogP contribution in [0.1, 0.15) is 5.56 Å². The fourth-order valence-electron chi connectivity index (χ4n) is 2.74. The second-order valence-corrected chi connectivity index (χ2v) is 8.65. The smallest absolute Gasteiger partial charge is 0.218 e. The van der Waals surface area contributed by atoms with Gasteiger partial charge in [0.1, 0.15) is 0 Å². The van der Waals surface area contributed by atoms with E-state index in [0.29, 0.717) is 22.3 Å². The fourth-order valence-corrected chi connectivity index (χ4v) is 4.20. The molecule has 138 valence electrons. The third kappa shape index (κ3) is 3.42. The zero-order valence-corrected chi connectivity index (χ0v) is 15.8. The summed E-state index contributed by atoms with van der Waals surface area (Å²) in [6, 6.07) is 10.5. The quantitative estimate of drug-likeness (QED) is 0.439. The molecule has 0 saturated heterocycles. The van der Waals surface area contributed by atoms with Crippen LogP contribution in [0.2, 0.25) is 0 Å². The molecule has 0 bridgehead atoms. The molecule has 0 spiro atoms. The first-order chi connectivity index (χ1) is 13.0. The van der Waals surface area contributed by atoms with Crippen LogP contribution in [0.15, 0.2) is 52.1 Å². The zero-order chi connectivity index (χ0) is 19.0. The molecule has 0 saturated carbocycles. The number of H-pyrrole nitrogens is 1. The van der Waals surface area contributed by atoms with Crippen LogP contribution in [0.25, 0.3) is 21.1 Å². The van der Waals surface area contributed by atoms with Gasteiger partial charge in [0.2, 0.25) is 15.9 Å². The SMILES string of the molecule is CNS(=O)(=O)Cc1ccc(N=Nc2c(O)[nH]c3ccc4scnc4c23)cc1. The summed E-state index contributed by atoms with van der Waals surface area (Å²) in [7, 11) is -1.95. The molecule has 2 aromatic carbocycles. The first-order valence-corrected chi connectivity index (χ1v) is 10.5. The monoisotopic (exact) mass is 401 g/mol. The summed E-state index contributed by atoms with van der Waals surface area (Å²) in [5, 5.41) is 19.3. The molecule has 0 amide bonds. The van der Waals surface area contributed by atoms with Gasteiger partial charge in [-0.15, -0.1) is 16.5 Å². The van der Waals surface area contributed by atoms with Gasteiger partial charge in [-0.3, -0.25) is 0 Å². The average Bonchev–Trinajstić information content (AvgIpc) is 3.24. The van der Waals surface area contributed by atoms with Crippen LogP contribution in [0.3, 0.4) is 0 Å². The molecular weight excluding hydrogens is 386 g/mol. The number of hydrogen-bond donors (Lipinski definition) is 3. The minimum atomic E-state index is -3.33. The van der Waals surface area contributed by atoms with Crippen molar-refractivity contribution in [3.8, 4) is 5.88 Å². The van der Waals surface area contributed by atoms with E-state index in [2.05, 4.69) is 24.9 Å². The summed E-state index contributed by atoms with van der Waals surface area (Å²) in [6.07, 6.45) is 0. The Labute approximate surface area is 158 Å². The Bertz CT molecular complexity index is 1260. The van der Waals surface area contributed by atoms with Crippen LogP contribution in [0.5, 0.6) is 5.88 Å². The Morgan fingerprint density at radius 2 is 1.96 bits per heavy atom. The van der Waals surface area contributed by atoms with Crippen molar-refractivity contribution in [2.75, 3.05) is 7.05 Å². The summed E-state index contributed by atoms with van der Waals surface area (Å²) >= 11 is 1.51. The Morgan fingerprint density at radius 1 is 1.19 bits per heavy atom. The number of fused-ring (bicyclic) bond motifs is 3. The van der Waals surface area contributed by atoms with E-state index in [-0.39, 0.29) is 11.6 Å². The van der Waals surface area contributed by atoms with Crippen molar-refractivity contribution in [2.24, 2.45) is 10.2 Å². The lowest BCUT2D eigenvalue weighted by atomic mass is 10.2. The predicted molar refractivity (Wildman–Crippen MR) is 105 cm³/mol. The van der Waals surface area contributed by atoms with Crippen LogP contribution in [0, 0.1) is 0 Å². The number of azo groups is 1. The largest absolute Gasteiger partial charge is 0.493 e. The Balaban J connectivity index is 1.67. The fraction of sp³-hybridized carbons (Fsp3) is 0.118. The molecule has 0 aliphatic heterocycles. The summed E-state index contributed by atoms with van der Waals surface area (Å²) in [4.78, 5) is 7.23. The molecule has 4 aromatic rings. The van der Waals surface area contributed by atoms with E-state index < -0.39 is 10.0 Å². The van der Waals surface area contributed by atoms with Crippen molar-refractivity contribution in [1.29, 1.82) is 0 Å². The van der Waals surface area contributed by atoms with Crippen molar-refractivity contribution in [3.05, 3.63) is 47.5 Å². The molecular formula is C17H15N5O3S2. The molecule has 2 aromatic heterocycles. The van der Waals surface area contributed by atoms with Crippen LogP contribution < -0.4 is 4.72 Å². The van der Waals surface area contributed by atoms with E-state index in [1.54, 1.807) is 29.8 Å². The van der Waals surface area contributed by atoms with E-state index in [1.807, 2.05) is 12.1 Å². The van der Waals surface area contributed by atoms with Gasteiger partial charge < -0.3 is 10.1 Å². The predicted octanol–water partition coefficient (Wildman–Crippen LogP) is 3.95. The first kappa shape index (κ1) is 17.6. The molecule has 0 atom stereocenters. The summed E-state index contributed by atoms with van der Waals surface area (Å²) in [5.74, 6) is -0.183. The highest BCUT2D eigenvalue weighted by Gasteiger charge is 2.15. The van der Waals surface area contributed by atoms with Crippen LogP contribution in [-0.4, -0.2) is 30.5 Å². The molecule has 0 aliphatic rings. The summed E-state index contributed by atoms with van der Waals surface area (Å²) in [6.45, 7) is 0. The molecule has 10 heteroatoms. The molecule has 0 aliphatic carbocycles. The Hall–Kier alpha value is -2.82. The highest BCUT2D eigenvalue weighted by atomic mass is 32.2. The maximum absolute atomic E-state index is 11.6. The molecule has 0 radical (unpaired) electrons. The Kier molecular flexibility index (Phi) is 4.38. The van der Waals surface area contributed by atoms with Gasteiger partial charge in [-0.1, -0.05) is 12.1 Å². The second-order valence-electron chi connectivity index (χ2n) is 5.84. The number of rotatable bonds is 5. The number of nitrogens with zero attached hydrogens (tertiary/aromatic N) is 3. The molecule has 2 heterocycles. The number of sulfonamides is 1. The number of aromatic hydroxyl groups is 1. The molecule has 3 N–H and O–H groups in total. The van der Waals surface area contributed by atoms with E-state index in [9.17, 15) is 13.5 Å². The number of aromatic nitrogens is 2. The van der Waals surface area contributed by atoms with Gasteiger partial charge >= 0.3 is 0 Å². The van der Waals surface area contributed by atoms with E-state index in [0.717, 1.165) is 15.7 Å². The zero-order valence-electron chi connectivity index (χ0n) is 14.2. The lowest BCUT2D eigenvalue weighted by molar-refractivity contribution is 0.459. The van der Waals surface area contributed by atoms with Gasteiger partial charge in [0.15, 0.2) is 5.69 Å². The van der Waals surface area contributed by atoms with Gasteiger partial charge in [-0.2, -0.15) is 5.11 Å². The van der Waals surface area contributed by atoms with E-state index in [4.69, 9.17) is 0 Å². The van der Waals surface area contributed by atoms with Crippen LogP contribution in [-0.2, 0) is 15.8 Å². The third-order valence-electron chi connectivity index (χ3n) is 4.09. The maximum atomic E-state index is 11.6. The average molecular weight is 401 g/mol. The number of aromatic amines is 1. The molecule has 4 rings (SSSR count).